The zero-order chi connectivity index (χ0) is 21.8. The molecular weight excluding hydrogens is 446 g/mol. The molecule has 0 unspecified atom stereocenters. The van der Waals surface area contributed by atoms with Crippen LogP contribution in [0.5, 0.6) is 29.0 Å². The number of tetrazole rings is 1. The summed E-state index contributed by atoms with van der Waals surface area (Å²) in [5.74, 6) is 2.69. The zero-order valence-corrected chi connectivity index (χ0v) is 18.5. The van der Waals surface area contributed by atoms with Crippen LogP contribution in [0.15, 0.2) is 66.7 Å². The van der Waals surface area contributed by atoms with Crippen molar-refractivity contribution < 1.29 is 31.4 Å². The quantitative estimate of drug-likeness (QED) is 0.401. The van der Waals surface area contributed by atoms with Gasteiger partial charge in [-0.1, -0.05) is 35.4 Å². The molecule has 2 heterocycles. The summed E-state index contributed by atoms with van der Waals surface area (Å²) >= 11 is 0. The fourth-order valence-corrected chi connectivity index (χ4v) is 3.38. The van der Waals surface area contributed by atoms with Crippen LogP contribution >= 0.6 is 0 Å². The maximum absolute atomic E-state index is 5.95. The number of halogens is 1. The van der Waals surface area contributed by atoms with Crippen molar-refractivity contribution in [1.82, 2.24) is 25.5 Å². The lowest BCUT2D eigenvalue weighted by molar-refractivity contribution is -0.00000892. The van der Waals surface area contributed by atoms with Gasteiger partial charge in [-0.15, -0.1) is 0 Å². The Labute approximate surface area is 196 Å². The van der Waals surface area contributed by atoms with Crippen molar-refractivity contribution in [3.05, 3.63) is 77.9 Å². The van der Waals surface area contributed by atoms with E-state index in [9.17, 15) is 0 Å². The van der Waals surface area contributed by atoms with Crippen molar-refractivity contribution in [2.75, 3.05) is 13.9 Å². The van der Waals surface area contributed by atoms with Crippen LogP contribution in [0.4, 0.5) is 0 Å². The first-order chi connectivity index (χ1) is 15.8. The molecule has 3 aromatic carbocycles. The number of nitrogens with zero attached hydrogens (tertiary/aromatic N) is 4. The molecule has 1 aromatic heterocycles. The Kier molecular flexibility index (Phi) is 6.92. The summed E-state index contributed by atoms with van der Waals surface area (Å²) in [6.45, 7) is 1.63. The molecule has 5 rings (SSSR count). The van der Waals surface area contributed by atoms with E-state index in [1.807, 2.05) is 66.7 Å². The lowest BCUT2D eigenvalue weighted by Crippen LogP contribution is -3.00. The van der Waals surface area contributed by atoms with Crippen LogP contribution < -0.4 is 36.7 Å². The third-order valence-corrected chi connectivity index (χ3v) is 4.97. The Bertz CT molecular complexity index is 1220. The normalized spacial score (nSPS) is 11.7. The molecule has 4 aromatic rings. The zero-order valence-electron chi connectivity index (χ0n) is 17.8. The summed E-state index contributed by atoms with van der Waals surface area (Å²) in [4.78, 5) is 0. The van der Waals surface area contributed by atoms with Crippen molar-refractivity contribution in [3.8, 4) is 34.7 Å². The minimum absolute atomic E-state index is 0. The largest absolute Gasteiger partial charge is 1.00 e. The summed E-state index contributed by atoms with van der Waals surface area (Å²) in [6.07, 6.45) is 0. The Morgan fingerprint density at radius 3 is 2.48 bits per heavy atom. The highest BCUT2D eigenvalue weighted by molar-refractivity contribution is 5.46. The summed E-state index contributed by atoms with van der Waals surface area (Å²) in [5.41, 5.74) is 2.97. The van der Waals surface area contributed by atoms with Crippen molar-refractivity contribution in [2.24, 2.45) is 0 Å². The molecule has 1 N–H and O–H groups in total. The number of hydrogen-bond donors (Lipinski definition) is 1. The number of benzene rings is 3. The van der Waals surface area contributed by atoms with Crippen molar-refractivity contribution in [2.45, 2.75) is 13.1 Å². The van der Waals surface area contributed by atoms with E-state index >= 15 is 0 Å². The van der Waals surface area contributed by atoms with Crippen LogP contribution in [0, 0.1) is 0 Å². The summed E-state index contributed by atoms with van der Waals surface area (Å²) < 4.78 is 23.8. The summed E-state index contributed by atoms with van der Waals surface area (Å²) in [7, 11) is 1.60. The molecule has 0 amide bonds. The molecule has 170 valence electrons. The smallest absolute Gasteiger partial charge is 0.346 e. The van der Waals surface area contributed by atoms with Crippen LogP contribution in [0.3, 0.4) is 0 Å². The highest BCUT2D eigenvalue weighted by atomic mass is 35.5. The van der Waals surface area contributed by atoms with Crippen LogP contribution in [0.2, 0.25) is 0 Å². The van der Waals surface area contributed by atoms with Gasteiger partial charge in [0.05, 0.1) is 12.8 Å². The third-order valence-electron chi connectivity index (χ3n) is 4.97. The van der Waals surface area contributed by atoms with Crippen LogP contribution in [-0.2, 0) is 13.1 Å². The number of methoxy groups -OCH3 is 1. The van der Waals surface area contributed by atoms with Gasteiger partial charge >= 0.3 is 6.01 Å². The molecule has 33 heavy (non-hydrogen) atoms. The van der Waals surface area contributed by atoms with Gasteiger partial charge in [0.25, 0.3) is 0 Å². The average molecular weight is 467 g/mol. The molecular formula is C23H21ClN5O4-. The molecule has 0 fully saturated rings. The maximum Gasteiger partial charge on any atom is 0.346 e. The van der Waals surface area contributed by atoms with E-state index in [-0.39, 0.29) is 25.2 Å². The molecule has 0 spiro atoms. The number of ether oxygens (including phenoxy) is 4. The first-order valence-corrected chi connectivity index (χ1v) is 10.1. The number of rotatable bonds is 8. The van der Waals surface area contributed by atoms with E-state index in [0.29, 0.717) is 24.6 Å². The molecule has 10 heteroatoms. The lowest BCUT2D eigenvalue weighted by Gasteiger charge is -2.12. The van der Waals surface area contributed by atoms with E-state index in [4.69, 9.17) is 18.9 Å². The number of nitrogens with one attached hydrogen (secondary N) is 1. The highest BCUT2D eigenvalue weighted by Gasteiger charge is 2.15. The number of fused-ring (bicyclic) bond motifs is 1. The molecule has 1 aliphatic rings. The minimum Gasteiger partial charge on any atom is -1.00 e. The molecule has 0 saturated heterocycles. The minimum atomic E-state index is 0. The van der Waals surface area contributed by atoms with Crippen molar-refractivity contribution in [1.29, 1.82) is 0 Å². The second kappa shape index (κ2) is 10.2. The first-order valence-electron chi connectivity index (χ1n) is 10.1. The van der Waals surface area contributed by atoms with Gasteiger partial charge in [-0.05, 0) is 58.0 Å². The number of hydrogen-bond acceptors (Lipinski definition) is 8. The SMILES string of the molecule is COc1cc(CNCc2ccc3c(c2)OCO3)ccc1Oc1nnnn1-c1ccccc1.[Cl-]. The Morgan fingerprint density at radius 1 is 0.909 bits per heavy atom. The van der Waals surface area contributed by atoms with Crippen LogP contribution in [-0.4, -0.2) is 34.1 Å². The van der Waals surface area contributed by atoms with Gasteiger partial charge in [0.15, 0.2) is 23.0 Å². The second-order valence-electron chi connectivity index (χ2n) is 7.09. The molecule has 0 aliphatic carbocycles. The number of para-hydroxylation sites is 1. The van der Waals surface area contributed by atoms with Gasteiger partial charge < -0.3 is 36.7 Å². The molecule has 0 atom stereocenters. The van der Waals surface area contributed by atoms with Crippen LogP contribution in [0.25, 0.3) is 5.69 Å². The monoisotopic (exact) mass is 466 g/mol. The third kappa shape index (κ3) is 5.00. The number of aromatic nitrogens is 4. The molecule has 0 saturated carbocycles. The van der Waals surface area contributed by atoms with Gasteiger partial charge in [0, 0.05) is 13.1 Å². The molecule has 1 aliphatic heterocycles. The molecule has 0 radical (unpaired) electrons. The van der Waals surface area contributed by atoms with Crippen molar-refractivity contribution >= 4 is 0 Å². The fraction of sp³-hybridized carbons (Fsp3) is 0.174. The Morgan fingerprint density at radius 2 is 1.67 bits per heavy atom. The van der Waals surface area contributed by atoms with Gasteiger partial charge in [-0.3, -0.25) is 0 Å². The van der Waals surface area contributed by atoms with E-state index in [1.54, 1.807) is 7.11 Å². The topological polar surface area (TPSA) is 92.6 Å². The Balaban J connectivity index is 0.00000259. The van der Waals surface area contributed by atoms with E-state index in [2.05, 4.69) is 20.8 Å². The highest BCUT2D eigenvalue weighted by Crippen LogP contribution is 2.33. The van der Waals surface area contributed by atoms with Crippen molar-refractivity contribution in [3.63, 3.8) is 0 Å². The molecule has 9 nitrogen and oxygen atoms in total. The predicted molar refractivity (Wildman–Crippen MR) is 115 cm³/mol. The van der Waals surface area contributed by atoms with Crippen LogP contribution in [0.1, 0.15) is 11.1 Å². The molecule has 0 bridgehead atoms. The summed E-state index contributed by atoms with van der Waals surface area (Å²) in [6, 6.07) is 21.5. The lowest BCUT2D eigenvalue weighted by atomic mass is 10.1. The average Bonchev–Trinajstić information content (AvgIpc) is 3.49. The van der Waals surface area contributed by atoms with Gasteiger partial charge in [-0.2, -0.15) is 4.68 Å². The van der Waals surface area contributed by atoms with E-state index in [1.165, 1.54) is 4.68 Å². The van der Waals surface area contributed by atoms with E-state index in [0.717, 1.165) is 28.3 Å². The van der Waals surface area contributed by atoms with Gasteiger partial charge in [0.2, 0.25) is 6.79 Å². The standard InChI is InChI=1S/C23H21N5O4.ClH/c1-29-21-11-16(13-24-14-17-7-9-19-22(12-17)31-15-30-19)8-10-20(21)32-23-25-26-27-28(23)18-5-3-2-4-6-18;/h2-12,24H,13-15H2,1H3;1H/p-1. The second-order valence-corrected chi connectivity index (χ2v) is 7.09. The van der Waals surface area contributed by atoms with Gasteiger partial charge in [0.1, 0.15) is 0 Å². The fourth-order valence-electron chi connectivity index (χ4n) is 3.38. The summed E-state index contributed by atoms with van der Waals surface area (Å²) in [5, 5.41) is 15.2. The van der Waals surface area contributed by atoms with E-state index < -0.39 is 0 Å². The van der Waals surface area contributed by atoms with Gasteiger partial charge in [-0.25, -0.2) is 0 Å². The Hall–Kier alpha value is -3.82. The predicted octanol–water partition coefficient (Wildman–Crippen LogP) is 0.486. The first kappa shape index (κ1) is 22.4. The maximum atomic E-state index is 5.95.